The summed E-state index contributed by atoms with van der Waals surface area (Å²) in [5.74, 6) is 1.73. The van der Waals surface area contributed by atoms with Crippen LogP contribution in [0.4, 0.5) is 0 Å². The molecule has 1 aromatic heterocycles. The lowest BCUT2D eigenvalue weighted by atomic mass is 10.1. The Morgan fingerprint density at radius 1 is 1.09 bits per heavy atom. The predicted molar refractivity (Wildman–Crippen MR) is 91.4 cm³/mol. The van der Waals surface area contributed by atoms with Gasteiger partial charge in [-0.25, -0.2) is 4.98 Å². The third-order valence-electron chi connectivity index (χ3n) is 3.41. The largest absolute Gasteiger partial charge is 0.262 e. The van der Waals surface area contributed by atoms with Crippen LogP contribution in [0.5, 0.6) is 0 Å². The lowest BCUT2D eigenvalue weighted by Gasteiger charge is -2.01. The fourth-order valence-electron chi connectivity index (χ4n) is 2.14. The van der Waals surface area contributed by atoms with Gasteiger partial charge in [-0.15, -0.1) is 5.10 Å². The number of hydrogen-bond donors (Lipinski definition) is 1. The van der Waals surface area contributed by atoms with Crippen molar-refractivity contribution < 1.29 is 0 Å². The monoisotopic (exact) mass is 329 g/mol. The Kier molecular flexibility index (Phi) is 4.80. The zero-order chi connectivity index (χ0) is 15.4. The van der Waals surface area contributed by atoms with Crippen molar-refractivity contribution in [1.29, 1.82) is 0 Å². The van der Waals surface area contributed by atoms with Crippen LogP contribution in [0.15, 0.2) is 53.7 Å². The number of benzene rings is 2. The van der Waals surface area contributed by atoms with Crippen LogP contribution in [0.25, 0.3) is 0 Å². The quantitative estimate of drug-likeness (QED) is 0.693. The smallest absolute Gasteiger partial charge is 0.208 e. The highest BCUT2D eigenvalue weighted by atomic mass is 35.5. The molecule has 0 unspecified atom stereocenters. The summed E-state index contributed by atoms with van der Waals surface area (Å²) in [6.45, 7) is 2.11. The van der Waals surface area contributed by atoms with Crippen LogP contribution in [-0.4, -0.2) is 15.2 Å². The summed E-state index contributed by atoms with van der Waals surface area (Å²) in [4.78, 5) is 4.55. The average Bonchev–Trinajstić information content (AvgIpc) is 2.97. The normalized spacial score (nSPS) is 10.8. The maximum Gasteiger partial charge on any atom is 0.208 e. The van der Waals surface area contributed by atoms with Gasteiger partial charge in [-0.2, -0.15) is 0 Å². The van der Waals surface area contributed by atoms with Crippen molar-refractivity contribution in [2.45, 2.75) is 24.3 Å². The first-order chi connectivity index (χ1) is 10.7. The summed E-state index contributed by atoms with van der Waals surface area (Å²) in [5, 5.41) is 8.83. The van der Waals surface area contributed by atoms with E-state index in [2.05, 4.69) is 40.3 Å². The van der Waals surface area contributed by atoms with Crippen LogP contribution < -0.4 is 0 Å². The first-order valence-corrected chi connectivity index (χ1v) is 8.40. The Morgan fingerprint density at radius 2 is 1.86 bits per heavy atom. The number of thioether (sulfide) groups is 1. The van der Waals surface area contributed by atoms with Crippen molar-refractivity contribution in [3.63, 3.8) is 0 Å². The van der Waals surface area contributed by atoms with Crippen LogP contribution in [0, 0.1) is 6.92 Å². The molecule has 0 amide bonds. The highest BCUT2D eigenvalue weighted by Crippen LogP contribution is 2.21. The molecule has 112 valence electrons. The molecule has 1 heterocycles. The van der Waals surface area contributed by atoms with Crippen molar-refractivity contribution in [3.05, 3.63) is 76.1 Å². The van der Waals surface area contributed by atoms with Gasteiger partial charge in [-0.1, -0.05) is 59.8 Å². The summed E-state index contributed by atoms with van der Waals surface area (Å²) < 4.78 is 0. The molecule has 0 fully saturated rings. The predicted octanol–water partition coefficient (Wildman–Crippen LogP) is 4.65. The summed E-state index contributed by atoms with van der Waals surface area (Å²) in [6, 6.07) is 16.2. The number of nitrogens with zero attached hydrogens (tertiary/aromatic N) is 2. The minimum Gasteiger partial charge on any atom is -0.262 e. The third kappa shape index (κ3) is 3.90. The summed E-state index contributed by atoms with van der Waals surface area (Å²) in [7, 11) is 0. The van der Waals surface area contributed by atoms with Gasteiger partial charge in [0, 0.05) is 17.2 Å². The molecule has 1 N–H and O–H groups in total. The van der Waals surface area contributed by atoms with Crippen molar-refractivity contribution in [1.82, 2.24) is 15.2 Å². The Balaban J connectivity index is 1.61. The molecule has 3 nitrogen and oxygen atoms in total. The highest BCUT2D eigenvalue weighted by molar-refractivity contribution is 7.98. The Labute approximate surface area is 139 Å². The van der Waals surface area contributed by atoms with Crippen molar-refractivity contribution in [2.24, 2.45) is 0 Å². The zero-order valence-electron chi connectivity index (χ0n) is 12.2. The number of rotatable bonds is 5. The lowest BCUT2D eigenvalue weighted by Crippen LogP contribution is -1.93. The third-order valence-corrected chi connectivity index (χ3v) is 4.58. The van der Waals surface area contributed by atoms with E-state index in [-0.39, 0.29) is 0 Å². The molecule has 0 atom stereocenters. The van der Waals surface area contributed by atoms with Crippen LogP contribution >= 0.6 is 23.4 Å². The van der Waals surface area contributed by atoms with E-state index in [1.165, 1.54) is 16.7 Å². The summed E-state index contributed by atoms with van der Waals surface area (Å²) >= 11 is 7.50. The van der Waals surface area contributed by atoms with Gasteiger partial charge in [-0.3, -0.25) is 5.10 Å². The molecule has 0 aliphatic carbocycles. The number of H-pyrrole nitrogens is 1. The average molecular weight is 330 g/mol. The van der Waals surface area contributed by atoms with E-state index in [1.807, 2.05) is 30.3 Å². The van der Waals surface area contributed by atoms with E-state index < -0.39 is 0 Å². The molecule has 3 aromatic rings. The second kappa shape index (κ2) is 6.99. The number of aromatic amines is 1. The first kappa shape index (κ1) is 15.1. The molecule has 0 saturated carbocycles. The van der Waals surface area contributed by atoms with Gasteiger partial charge in [0.25, 0.3) is 0 Å². The van der Waals surface area contributed by atoms with Gasteiger partial charge in [0.1, 0.15) is 5.82 Å². The molecule has 0 radical (unpaired) electrons. The van der Waals surface area contributed by atoms with Crippen molar-refractivity contribution >= 4 is 23.4 Å². The van der Waals surface area contributed by atoms with Gasteiger partial charge in [0.05, 0.1) is 0 Å². The van der Waals surface area contributed by atoms with Gasteiger partial charge >= 0.3 is 0 Å². The summed E-state index contributed by atoms with van der Waals surface area (Å²) in [5.41, 5.74) is 3.75. The fraction of sp³-hybridized carbons (Fsp3) is 0.176. The van der Waals surface area contributed by atoms with Crippen molar-refractivity contribution in [3.8, 4) is 0 Å². The Hall–Kier alpha value is -1.78. The second-order valence-electron chi connectivity index (χ2n) is 5.08. The first-order valence-electron chi connectivity index (χ1n) is 7.04. The molecule has 0 saturated heterocycles. The van der Waals surface area contributed by atoms with Crippen LogP contribution in [-0.2, 0) is 12.2 Å². The van der Waals surface area contributed by atoms with E-state index in [4.69, 9.17) is 11.6 Å². The molecule has 3 rings (SSSR count). The van der Waals surface area contributed by atoms with E-state index >= 15 is 0 Å². The Bertz CT molecular complexity index is 753. The van der Waals surface area contributed by atoms with E-state index in [9.17, 15) is 0 Å². The maximum absolute atomic E-state index is 5.89. The minimum absolute atomic E-state index is 0.757. The topological polar surface area (TPSA) is 41.6 Å². The zero-order valence-corrected chi connectivity index (χ0v) is 13.8. The summed E-state index contributed by atoms with van der Waals surface area (Å²) in [6.07, 6.45) is 0.779. The van der Waals surface area contributed by atoms with Gasteiger partial charge in [0.2, 0.25) is 5.16 Å². The fourth-order valence-corrected chi connectivity index (χ4v) is 3.04. The molecule has 0 aliphatic heterocycles. The van der Waals surface area contributed by atoms with E-state index in [0.29, 0.717) is 0 Å². The number of hydrogen-bond acceptors (Lipinski definition) is 3. The number of aromatic nitrogens is 3. The van der Waals surface area contributed by atoms with Gasteiger partial charge < -0.3 is 0 Å². The van der Waals surface area contributed by atoms with Crippen molar-refractivity contribution in [2.75, 3.05) is 0 Å². The molecular weight excluding hydrogens is 314 g/mol. The van der Waals surface area contributed by atoms with Crippen LogP contribution in [0.2, 0.25) is 5.02 Å². The molecule has 0 aliphatic rings. The molecular formula is C17H16ClN3S. The lowest BCUT2D eigenvalue weighted by molar-refractivity contribution is 0.953. The minimum atomic E-state index is 0.757. The molecule has 5 heteroatoms. The standard InChI is InChI=1S/C17H16ClN3S/c1-12-4-2-3-5-14(12)10-16-19-17(21-20-16)22-11-13-6-8-15(18)9-7-13/h2-9H,10-11H2,1H3,(H,19,20,21). The number of nitrogens with one attached hydrogen (secondary N) is 1. The second-order valence-corrected chi connectivity index (χ2v) is 6.46. The molecule has 0 spiro atoms. The molecule has 2 aromatic carbocycles. The van der Waals surface area contributed by atoms with E-state index in [1.54, 1.807) is 11.8 Å². The van der Waals surface area contributed by atoms with Crippen LogP contribution in [0.3, 0.4) is 0 Å². The van der Waals surface area contributed by atoms with Gasteiger partial charge in [-0.05, 0) is 35.7 Å². The SMILES string of the molecule is Cc1ccccc1Cc1nc(SCc2ccc(Cl)cc2)n[nH]1. The van der Waals surface area contributed by atoms with Crippen LogP contribution in [0.1, 0.15) is 22.5 Å². The highest BCUT2D eigenvalue weighted by Gasteiger charge is 2.06. The molecule has 0 bridgehead atoms. The number of aryl methyl sites for hydroxylation is 1. The molecule has 22 heavy (non-hydrogen) atoms. The van der Waals surface area contributed by atoms with E-state index in [0.717, 1.165) is 28.2 Å². The Morgan fingerprint density at radius 3 is 2.64 bits per heavy atom. The van der Waals surface area contributed by atoms with Gasteiger partial charge in [0.15, 0.2) is 0 Å². The maximum atomic E-state index is 5.89. The number of halogens is 1.